The smallest absolute Gasteiger partial charge is 0.256 e. The maximum atomic E-state index is 12.3. The third-order valence-electron chi connectivity index (χ3n) is 4.42. The van der Waals surface area contributed by atoms with Gasteiger partial charge in [0.15, 0.2) is 0 Å². The van der Waals surface area contributed by atoms with Crippen molar-refractivity contribution in [1.82, 2.24) is 9.93 Å². The molecule has 4 nitrogen and oxygen atoms in total. The number of rotatable bonds is 4. The minimum absolute atomic E-state index is 0.0982. The minimum Gasteiger partial charge on any atom is -0.256 e. The normalized spacial score (nSPS) is 16.4. The van der Waals surface area contributed by atoms with E-state index in [1.165, 1.54) is 37.0 Å². The Morgan fingerprint density at radius 1 is 1.04 bits per heavy atom. The quantitative estimate of drug-likeness (QED) is 0.861. The van der Waals surface area contributed by atoms with Crippen molar-refractivity contribution in [3.63, 3.8) is 0 Å². The van der Waals surface area contributed by atoms with Crippen LogP contribution in [0.15, 0.2) is 47.5 Å². The highest BCUT2D eigenvalue weighted by Crippen LogP contribution is 2.37. The van der Waals surface area contributed by atoms with E-state index in [0.29, 0.717) is 5.92 Å². The van der Waals surface area contributed by atoms with Gasteiger partial charge in [-0.25, -0.2) is 8.42 Å². The van der Waals surface area contributed by atoms with Crippen LogP contribution in [-0.2, 0) is 10.0 Å². The van der Waals surface area contributed by atoms with Crippen LogP contribution in [0.25, 0.3) is 11.3 Å². The van der Waals surface area contributed by atoms with Gasteiger partial charge < -0.3 is 0 Å². The van der Waals surface area contributed by atoms with Crippen molar-refractivity contribution in [2.75, 3.05) is 0 Å². The van der Waals surface area contributed by atoms with Gasteiger partial charge in [-0.2, -0.15) is 0 Å². The lowest BCUT2D eigenvalue weighted by Gasteiger charge is -2.23. The van der Waals surface area contributed by atoms with Crippen molar-refractivity contribution in [1.29, 1.82) is 0 Å². The largest absolute Gasteiger partial charge is 0.266 e. The third kappa shape index (κ3) is 3.43. The molecule has 6 heteroatoms. The number of nitrogens with zero attached hydrogens (tertiary/aromatic N) is 1. The van der Waals surface area contributed by atoms with Crippen molar-refractivity contribution >= 4 is 10.0 Å². The highest BCUT2D eigenvalue weighted by Gasteiger charge is 2.20. The Hall–Kier alpha value is -1.79. The molecule has 1 aromatic carbocycles. The van der Waals surface area contributed by atoms with E-state index in [2.05, 4.69) is 11.1 Å². The summed E-state index contributed by atoms with van der Waals surface area (Å²) in [6.07, 6.45) is 7.83. The molecular weight excluding hydrogens is 315 g/mol. The number of benzene rings is 1. The number of aromatic nitrogens is 1. The van der Waals surface area contributed by atoms with E-state index >= 15 is 0 Å². The van der Waals surface area contributed by atoms with E-state index in [4.69, 9.17) is 0 Å². The zero-order valence-electron chi connectivity index (χ0n) is 12.7. The predicted octanol–water partition coefficient (Wildman–Crippen LogP) is 3.96. The van der Waals surface area contributed by atoms with Gasteiger partial charge in [0, 0.05) is 11.8 Å². The Morgan fingerprint density at radius 2 is 1.74 bits per heavy atom. The molecule has 1 aliphatic rings. The first-order valence-corrected chi connectivity index (χ1v) is 9.28. The zero-order chi connectivity index (χ0) is 16.3. The maximum absolute atomic E-state index is 12.3. The van der Waals surface area contributed by atoms with Crippen LogP contribution in [0.2, 0.25) is 0 Å². The average Bonchev–Trinajstić information content (AvgIpc) is 2.62. The van der Waals surface area contributed by atoms with E-state index in [1.54, 1.807) is 18.3 Å². The van der Waals surface area contributed by atoms with Crippen molar-refractivity contribution < 1.29 is 12.9 Å². The summed E-state index contributed by atoms with van der Waals surface area (Å²) < 4.78 is 35.3. The van der Waals surface area contributed by atoms with Crippen LogP contribution < -0.4 is 4.94 Å². The van der Waals surface area contributed by atoms with Crippen molar-refractivity contribution in [3.8, 4) is 11.3 Å². The molecule has 122 valence electrons. The number of hydrogen-bond donors (Lipinski definition) is 1. The first-order valence-electron chi connectivity index (χ1n) is 7.79. The number of sulfonamides is 1. The number of hydrogen-bond acceptors (Lipinski definition) is 3. The van der Waals surface area contributed by atoms with Crippen LogP contribution in [0.3, 0.4) is 0 Å². The second-order valence-corrected chi connectivity index (χ2v) is 7.51. The molecule has 0 spiro atoms. The molecule has 0 atom stereocenters. The molecule has 0 bridgehead atoms. The Balaban J connectivity index is 1.96. The Morgan fingerprint density at radius 3 is 2.39 bits per heavy atom. The fourth-order valence-electron chi connectivity index (χ4n) is 3.24. The first kappa shape index (κ1) is 16.1. The standard InChI is InChI=1S/C17H19FN2O2S/c18-20-23(21,22)15-10-8-14(9-11-15)17-16(7-4-12-19-17)13-5-2-1-3-6-13/h4,7-13,20H,1-3,5-6H2. The van der Waals surface area contributed by atoms with Gasteiger partial charge in [-0.3, -0.25) is 4.98 Å². The van der Waals surface area contributed by atoms with E-state index in [0.717, 1.165) is 29.0 Å². The van der Waals surface area contributed by atoms with Gasteiger partial charge >= 0.3 is 0 Å². The number of nitrogens with one attached hydrogen (secondary N) is 1. The molecule has 0 amide bonds. The van der Waals surface area contributed by atoms with Crippen LogP contribution in [-0.4, -0.2) is 13.4 Å². The summed E-state index contributed by atoms with van der Waals surface area (Å²) in [6.45, 7) is 0. The molecule has 3 rings (SSSR count). The fourth-order valence-corrected chi connectivity index (χ4v) is 3.82. The Kier molecular flexibility index (Phi) is 4.73. The maximum Gasteiger partial charge on any atom is 0.266 e. The van der Waals surface area contributed by atoms with Crippen molar-refractivity contribution in [3.05, 3.63) is 48.2 Å². The van der Waals surface area contributed by atoms with Gasteiger partial charge in [-0.05, 0) is 47.5 Å². The summed E-state index contributed by atoms with van der Waals surface area (Å²) in [5.74, 6) is 0.503. The monoisotopic (exact) mass is 334 g/mol. The average molecular weight is 334 g/mol. The molecule has 1 N–H and O–H groups in total. The lowest BCUT2D eigenvalue weighted by molar-refractivity contribution is 0.425. The molecule has 1 aliphatic carbocycles. The Bertz CT molecular complexity index is 769. The second-order valence-electron chi connectivity index (χ2n) is 5.88. The lowest BCUT2D eigenvalue weighted by Crippen LogP contribution is -2.14. The summed E-state index contributed by atoms with van der Waals surface area (Å²) in [5.41, 5.74) is 2.95. The van der Waals surface area contributed by atoms with Gasteiger partial charge in [-0.1, -0.05) is 37.5 Å². The molecule has 0 aliphatic heterocycles. The SMILES string of the molecule is O=S(=O)(NF)c1ccc(-c2ncccc2C2CCCCC2)cc1. The van der Waals surface area contributed by atoms with Crippen molar-refractivity contribution in [2.45, 2.75) is 42.9 Å². The van der Waals surface area contributed by atoms with Gasteiger partial charge in [0.05, 0.1) is 10.6 Å². The number of pyridine rings is 1. The molecule has 0 unspecified atom stereocenters. The van der Waals surface area contributed by atoms with Gasteiger partial charge in [0.25, 0.3) is 10.0 Å². The summed E-state index contributed by atoms with van der Waals surface area (Å²) in [5, 5.41) is 0. The third-order valence-corrected chi connectivity index (χ3v) is 5.52. The summed E-state index contributed by atoms with van der Waals surface area (Å²) in [4.78, 5) is 5.24. The molecule has 1 saturated carbocycles. The topological polar surface area (TPSA) is 59.1 Å². The molecule has 0 radical (unpaired) electrons. The van der Waals surface area contributed by atoms with Crippen LogP contribution in [0.5, 0.6) is 0 Å². The summed E-state index contributed by atoms with van der Waals surface area (Å²) in [6, 6.07) is 10.2. The van der Waals surface area contributed by atoms with Crippen LogP contribution >= 0.6 is 0 Å². The van der Waals surface area contributed by atoms with Crippen molar-refractivity contribution in [2.24, 2.45) is 0 Å². The molecule has 1 aromatic heterocycles. The van der Waals surface area contributed by atoms with E-state index in [-0.39, 0.29) is 4.90 Å². The summed E-state index contributed by atoms with van der Waals surface area (Å²) >= 11 is 0. The molecule has 1 fully saturated rings. The molecule has 1 heterocycles. The number of halogens is 1. The van der Waals surface area contributed by atoms with E-state index < -0.39 is 10.0 Å². The zero-order valence-corrected chi connectivity index (χ0v) is 13.5. The van der Waals surface area contributed by atoms with Crippen LogP contribution in [0.1, 0.15) is 43.6 Å². The van der Waals surface area contributed by atoms with E-state index in [9.17, 15) is 12.9 Å². The molecular formula is C17H19FN2O2S. The van der Waals surface area contributed by atoms with Crippen LogP contribution in [0.4, 0.5) is 4.48 Å². The molecule has 0 saturated heterocycles. The highest BCUT2D eigenvalue weighted by molar-refractivity contribution is 7.89. The fraction of sp³-hybridized carbons (Fsp3) is 0.353. The predicted molar refractivity (Wildman–Crippen MR) is 86.9 cm³/mol. The summed E-state index contributed by atoms with van der Waals surface area (Å²) in [7, 11) is -4.06. The molecule has 2 aromatic rings. The van der Waals surface area contributed by atoms with Gasteiger partial charge in [-0.15, -0.1) is 4.48 Å². The second kappa shape index (κ2) is 6.76. The lowest BCUT2D eigenvalue weighted by atomic mass is 9.82. The Labute approximate surface area is 135 Å². The minimum atomic E-state index is -4.06. The van der Waals surface area contributed by atoms with Crippen LogP contribution in [0, 0.1) is 0 Å². The highest BCUT2D eigenvalue weighted by atomic mass is 32.2. The van der Waals surface area contributed by atoms with Gasteiger partial charge in [0.2, 0.25) is 0 Å². The van der Waals surface area contributed by atoms with E-state index in [1.807, 2.05) is 6.07 Å². The van der Waals surface area contributed by atoms with Gasteiger partial charge in [0.1, 0.15) is 0 Å². The first-order chi connectivity index (χ1) is 11.1. The molecule has 23 heavy (non-hydrogen) atoms.